The van der Waals surface area contributed by atoms with Gasteiger partial charge in [0.05, 0.1) is 0 Å². The summed E-state index contributed by atoms with van der Waals surface area (Å²) in [4.78, 5) is 0. The van der Waals surface area contributed by atoms with Crippen molar-refractivity contribution in [2.24, 2.45) is 0 Å². The minimum atomic E-state index is 0.113. The Labute approximate surface area is 104 Å². The zero-order chi connectivity index (χ0) is 11.5. The molecular formula is C12H9ClNOS-. The summed E-state index contributed by atoms with van der Waals surface area (Å²) in [7, 11) is 0. The highest BCUT2D eigenvalue weighted by atomic mass is 35.5. The molecule has 4 heteroatoms. The van der Waals surface area contributed by atoms with Crippen molar-refractivity contribution in [3.8, 4) is 0 Å². The summed E-state index contributed by atoms with van der Waals surface area (Å²) in [5.74, 6) is 0. The molecule has 2 rings (SSSR count). The average Bonchev–Trinajstić information content (AvgIpc) is 2.31. The van der Waals surface area contributed by atoms with Gasteiger partial charge in [-0.3, -0.25) is 0 Å². The molecule has 0 aliphatic carbocycles. The van der Waals surface area contributed by atoms with Crippen LogP contribution in [0.2, 0.25) is 5.15 Å². The number of pyridine rings is 1. The third-order valence-corrected chi connectivity index (χ3v) is 3.02. The Bertz CT molecular complexity index is 551. The second-order valence-corrected chi connectivity index (χ2v) is 4.22. The molecule has 0 saturated heterocycles. The van der Waals surface area contributed by atoms with Crippen molar-refractivity contribution in [3.05, 3.63) is 68.6 Å². The van der Waals surface area contributed by atoms with Crippen LogP contribution in [0.1, 0.15) is 11.1 Å². The molecule has 0 radical (unpaired) electrons. The van der Waals surface area contributed by atoms with Crippen molar-refractivity contribution in [2.45, 2.75) is 6.42 Å². The lowest BCUT2D eigenvalue weighted by Gasteiger charge is -2.15. The number of hydrogen-bond acceptors (Lipinski definition) is 2. The standard InChI is InChI=1S/C12H9ClNOS/c13-11-7-6-10(12(16)14(11)15)8-9-4-2-1-3-5-9/h1-7H,8H2/q-1. The van der Waals surface area contributed by atoms with Crippen LogP contribution in [-0.2, 0) is 6.42 Å². The lowest BCUT2D eigenvalue weighted by molar-refractivity contribution is 0.997. The number of nitrogens with zero attached hydrogens (tertiary/aromatic N) is 1. The van der Waals surface area contributed by atoms with E-state index in [1.807, 2.05) is 30.3 Å². The van der Waals surface area contributed by atoms with Crippen molar-refractivity contribution >= 4 is 23.8 Å². The molecule has 0 aliphatic rings. The summed E-state index contributed by atoms with van der Waals surface area (Å²) in [6, 6.07) is 13.2. The Morgan fingerprint density at radius 3 is 2.50 bits per heavy atom. The van der Waals surface area contributed by atoms with Gasteiger partial charge in [0.1, 0.15) is 9.79 Å². The van der Waals surface area contributed by atoms with Crippen molar-refractivity contribution in [1.29, 1.82) is 0 Å². The molecule has 0 amide bonds. The minimum Gasteiger partial charge on any atom is -0.804 e. The number of hydrogen-bond donors (Lipinski definition) is 0. The van der Waals surface area contributed by atoms with Crippen LogP contribution in [0.4, 0.5) is 0 Å². The summed E-state index contributed by atoms with van der Waals surface area (Å²) >= 11 is 10.7. The first-order chi connectivity index (χ1) is 7.68. The van der Waals surface area contributed by atoms with Gasteiger partial charge in [-0.2, -0.15) is 0 Å². The Morgan fingerprint density at radius 1 is 1.12 bits per heavy atom. The molecule has 2 nitrogen and oxygen atoms in total. The zero-order valence-corrected chi connectivity index (χ0v) is 9.96. The first kappa shape index (κ1) is 11.2. The van der Waals surface area contributed by atoms with E-state index in [1.165, 1.54) is 0 Å². The lowest BCUT2D eigenvalue weighted by Crippen LogP contribution is -1.98. The quantitative estimate of drug-likeness (QED) is 0.599. The Hall–Kier alpha value is -1.32. The van der Waals surface area contributed by atoms with E-state index in [9.17, 15) is 5.21 Å². The number of halogens is 1. The van der Waals surface area contributed by atoms with Gasteiger partial charge in [-0.25, -0.2) is 0 Å². The van der Waals surface area contributed by atoms with E-state index in [0.29, 0.717) is 11.2 Å². The molecule has 1 aromatic heterocycles. The Kier molecular flexibility index (Phi) is 3.27. The Morgan fingerprint density at radius 2 is 1.81 bits per heavy atom. The van der Waals surface area contributed by atoms with Gasteiger partial charge < -0.3 is 9.94 Å². The predicted octanol–water partition coefficient (Wildman–Crippen LogP) is 3.81. The third kappa shape index (κ3) is 2.26. The van der Waals surface area contributed by atoms with Gasteiger partial charge in [0.2, 0.25) is 0 Å². The SMILES string of the molecule is [O-]n1c(Cl)ccc(Cc2ccccc2)c1=S. The molecule has 1 aromatic carbocycles. The average molecular weight is 251 g/mol. The lowest BCUT2D eigenvalue weighted by atomic mass is 10.1. The van der Waals surface area contributed by atoms with Gasteiger partial charge >= 0.3 is 0 Å². The van der Waals surface area contributed by atoms with Crippen molar-refractivity contribution in [2.75, 3.05) is 0 Å². The van der Waals surface area contributed by atoms with Crippen LogP contribution in [0.15, 0.2) is 42.5 Å². The topological polar surface area (TPSA) is 28.0 Å². The van der Waals surface area contributed by atoms with E-state index in [4.69, 9.17) is 23.8 Å². The molecule has 0 bridgehead atoms. The maximum absolute atomic E-state index is 11.5. The number of rotatable bonds is 2. The van der Waals surface area contributed by atoms with Crippen LogP contribution in [-0.4, -0.2) is 4.73 Å². The molecule has 0 spiro atoms. The maximum atomic E-state index is 11.5. The van der Waals surface area contributed by atoms with Crippen LogP contribution in [0.5, 0.6) is 0 Å². The Balaban J connectivity index is 2.37. The van der Waals surface area contributed by atoms with Crippen molar-refractivity contribution in [3.63, 3.8) is 0 Å². The van der Waals surface area contributed by atoms with Crippen LogP contribution in [0, 0.1) is 9.85 Å². The summed E-state index contributed by atoms with van der Waals surface area (Å²) in [6.07, 6.45) is 0.652. The smallest absolute Gasteiger partial charge is 0.105 e. The molecule has 1 heterocycles. The van der Waals surface area contributed by atoms with Gasteiger partial charge in [0.25, 0.3) is 0 Å². The van der Waals surface area contributed by atoms with Crippen LogP contribution < -0.4 is 0 Å². The summed E-state index contributed by atoms with van der Waals surface area (Å²) < 4.78 is 0.825. The normalized spacial score (nSPS) is 10.3. The van der Waals surface area contributed by atoms with E-state index in [2.05, 4.69) is 0 Å². The summed E-state index contributed by atoms with van der Waals surface area (Å²) in [5.41, 5.74) is 1.94. The largest absolute Gasteiger partial charge is 0.804 e. The maximum Gasteiger partial charge on any atom is 0.105 e. The van der Waals surface area contributed by atoms with Crippen molar-refractivity contribution in [1.82, 2.24) is 4.73 Å². The molecule has 2 aromatic rings. The van der Waals surface area contributed by atoms with Crippen molar-refractivity contribution < 1.29 is 0 Å². The first-order valence-electron chi connectivity index (χ1n) is 4.80. The predicted molar refractivity (Wildman–Crippen MR) is 68.3 cm³/mol. The third-order valence-electron chi connectivity index (χ3n) is 2.31. The fourth-order valence-corrected chi connectivity index (χ4v) is 1.92. The fourth-order valence-electron chi connectivity index (χ4n) is 1.49. The number of aromatic nitrogens is 1. The van der Waals surface area contributed by atoms with Gasteiger partial charge in [-0.1, -0.05) is 60.2 Å². The van der Waals surface area contributed by atoms with Gasteiger partial charge in [0, 0.05) is 6.42 Å². The van der Waals surface area contributed by atoms with E-state index in [0.717, 1.165) is 11.1 Å². The van der Waals surface area contributed by atoms with Crippen LogP contribution >= 0.6 is 23.8 Å². The molecule has 0 unspecified atom stereocenters. The highest BCUT2D eigenvalue weighted by Crippen LogP contribution is 2.15. The fraction of sp³-hybridized carbons (Fsp3) is 0.0833. The summed E-state index contributed by atoms with van der Waals surface area (Å²) in [6.45, 7) is 0. The molecule has 0 aliphatic heterocycles. The molecule has 0 fully saturated rings. The molecule has 0 N–H and O–H groups in total. The second-order valence-electron chi connectivity index (χ2n) is 3.44. The zero-order valence-electron chi connectivity index (χ0n) is 8.39. The van der Waals surface area contributed by atoms with E-state index < -0.39 is 0 Å². The van der Waals surface area contributed by atoms with E-state index >= 15 is 0 Å². The summed E-state index contributed by atoms with van der Waals surface area (Å²) in [5, 5.41) is 11.6. The van der Waals surface area contributed by atoms with Gasteiger partial charge in [-0.15, -0.1) is 0 Å². The van der Waals surface area contributed by atoms with Crippen LogP contribution in [0.25, 0.3) is 0 Å². The molecule has 0 atom stereocenters. The highest BCUT2D eigenvalue weighted by Gasteiger charge is 2.00. The van der Waals surface area contributed by atoms with Crippen LogP contribution in [0.3, 0.4) is 0 Å². The second kappa shape index (κ2) is 4.68. The minimum absolute atomic E-state index is 0.113. The molecule has 82 valence electrons. The van der Waals surface area contributed by atoms with E-state index in [-0.39, 0.29) is 9.79 Å². The molecule has 0 saturated carbocycles. The monoisotopic (exact) mass is 250 g/mol. The highest BCUT2D eigenvalue weighted by molar-refractivity contribution is 7.71. The first-order valence-corrected chi connectivity index (χ1v) is 5.59. The van der Waals surface area contributed by atoms with Gasteiger partial charge in [0.15, 0.2) is 0 Å². The number of benzene rings is 1. The van der Waals surface area contributed by atoms with E-state index in [1.54, 1.807) is 12.1 Å². The van der Waals surface area contributed by atoms with Gasteiger partial charge in [-0.05, 0) is 17.2 Å². The molecule has 16 heavy (non-hydrogen) atoms. The molecular weight excluding hydrogens is 242 g/mol.